The number of rotatable bonds is 3. The number of hydrogen-bond donors (Lipinski definition) is 2. The van der Waals surface area contributed by atoms with E-state index in [9.17, 15) is 4.79 Å². The maximum atomic E-state index is 12.2. The van der Waals surface area contributed by atoms with Crippen LogP contribution in [-0.2, 0) is 0 Å². The molecule has 3 aromatic rings. The topological polar surface area (TPSA) is 94.5 Å². The highest BCUT2D eigenvalue weighted by molar-refractivity contribution is 6.04. The maximum Gasteiger partial charge on any atom is 0.274 e. The van der Waals surface area contributed by atoms with Gasteiger partial charge in [-0.2, -0.15) is 5.26 Å². The molecular weight excluding hydrogens is 278 g/mol. The number of hydrogen-bond acceptors (Lipinski definition) is 4. The van der Waals surface area contributed by atoms with Gasteiger partial charge in [-0.1, -0.05) is 12.1 Å². The predicted octanol–water partition coefficient (Wildman–Crippen LogP) is 2.60. The molecule has 0 aliphatic heterocycles. The number of benzene rings is 1. The minimum absolute atomic E-state index is 0.244. The molecule has 2 N–H and O–H groups in total. The standard InChI is InChI=1S/C16H11N5O/c17-9-11-5-6-14(20-10-11)16(22)21-13-4-2-1-3-12(13)15-18-7-8-19-15/h1-8,10H,(H,18,19)(H,21,22). The largest absolute Gasteiger partial charge is 0.345 e. The molecule has 0 bridgehead atoms. The third-order valence-corrected chi connectivity index (χ3v) is 3.05. The van der Waals surface area contributed by atoms with Gasteiger partial charge in [0.15, 0.2) is 0 Å². The zero-order valence-electron chi connectivity index (χ0n) is 11.4. The summed E-state index contributed by atoms with van der Waals surface area (Å²) in [5.41, 5.74) is 2.07. The van der Waals surface area contributed by atoms with Gasteiger partial charge < -0.3 is 10.3 Å². The van der Waals surface area contributed by atoms with Crippen LogP contribution in [0, 0.1) is 11.3 Å². The highest BCUT2D eigenvalue weighted by atomic mass is 16.1. The van der Waals surface area contributed by atoms with E-state index in [1.165, 1.54) is 12.3 Å². The van der Waals surface area contributed by atoms with Gasteiger partial charge in [-0.25, -0.2) is 9.97 Å². The van der Waals surface area contributed by atoms with Crippen LogP contribution >= 0.6 is 0 Å². The molecule has 1 amide bonds. The van der Waals surface area contributed by atoms with Gasteiger partial charge in [0.25, 0.3) is 5.91 Å². The minimum Gasteiger partial charge on any atom is -0.345 e. The number of nitrogens with zero attached hydrogens (tertiary/aromatic N) is 3. The molecule has 22 heavy (non-hydrogen) atoms. The van der Waals surface area contributed by atoms with Crippen LogP contribution in [0.15, 0.2) is 55.0 Å². The van der Waals surface area contributed by atoms with E-state index < -0.39 is 0 Å². The van der Waals surface area contributed by atoms with Gasteiger partial charge in [0, 0.05) is 24.2 Å². The molecule has 0 fully saturated rings. The molecule has 0 spiro atoms. The van der Waals surface area contributed by atoms with Gasteiger partial charge in [-0.05, 0) is 24.3 Å². The second kappa shape index (κ2) is 5.89. The lowest BCUT2D eigenvalue weighted by molar-refractivity contribution is 0.102. The Morgan fingerprint density at radius 1 is 1.18 bits per heavy atom. The van der Waals surface area contributed by atoms with Crippen molar-refractivity contribution in [3.63, 3.8) is 0 Å². The highest BCUT2D eigenvalue weighted by Crippen LogP contribution is 2.24. The van der Waals surface area contributed by atoms with E-state index in [2.05, 4.69) is 20.3 Å². The first-order chi connectivity index (χ1) is 10.8. The minimum atomic E-state index is -0.344. The quantitative estimate of drug-likeness (QED) is 0.774. The number of pyridine rings is 1. The Morgan fingerprint density at radius 2 is 2.05 bits per heavy atom. The Labute approximate surface area is 126 Å². The average Bonchev–Trinajstić information content (AvgIpc) is 3.10. The molecule has 0 aliphatic carbocycles. The Bertz CT molecular complexity index is 832. The van der Waals surface area contributed by atoms with Crippen molar-refractivity contribution < 1.29 is 4.79 Å². The number of amides is 1. The zero-order valence-corrected chi connectivity index (χ0v) is 11.4. The summed E-state index contributed by atoms with van der Waals surface area (Å²) < 4.78 is 0. The van der Waals surface area contributed by atoms with Crippen molar-refractivity contribution in [1.82, 2.24) is 15.0 Å². The summed E-state index contributed by atoms with van der Waals surface area (Å²) in [6, 6.07) is 12.4. The lowest BCUT2D eigenvalue weighted by atomic mass is 10.1. The number of imidazole rings is 1. The van der Waals surface area contributed by atoms with Crippen molar-refractivity contribution in [2.45, 2.75) is 0 Å². The molecule has 6 nitrogen and oxygen atoms in total. The SMILES string of the molecule is N#Cc1ccc(C(=O)Nc2ccccc2-c2ncc[nH]2)nc1. The number of anilines is 1. The van der Waals surface area contributed by atoms with Crippen molar-refractivity contribution in [3.05, 3.63) is 66.2 Å². The van der Waals surface area contributed by atoms with Crippen molar-refractivity contribution in [2.24, 2.45) is 0 Å². The van der Waals surface area contributed by atoms with Crippen LogP contribution in [0.4, 0.5) is 5.69 Å². The molecule has 106 valence electrons. The molecule has 0 aliphatic rings. The molecular formula is C16H11N5O. The second-order valence-corrected chi connectivity index (χ2v) is 4.48. The summed E-state index contributed by atoms with van der Waals surface area (Å²) in [4.78, 5) is 23.4. The first-order valence-corrected chi connectivity index (χ1v) is 6.54. The van der Waals surface area contributed by atoms with Crippen LogP contribution in [0.1, 0.15) is 16.1 Å². The second-order valence-electron chi connectivity index (χ2n) is 4.48. The average molecular weight is 289 g/mol. The summed E-state index contributed by atoms with van der Waals surface area (Å²) in [6.45, 7) is 0. The normalized spacial score (nSPS) is 9.95. The number of carbonyl (C=O) groups is 1. The van der Waals surface area contributed by atoms with E-state index in [4.69, 9.17) is 5.26 Å². The number of nitriles is 1. The fourth-order valence-corrected chi connectivity index (χ4v) is 1.99. The fourth-order valence-electron chi connectivity index (χ4n) is 1.99. The van der Waals surface area contributed by atoms with Crippen LogP contribution in [-0.4, -0.2) is 20.9 Å². The number of nitrogens with one attached hydrogen (secondary N) is 2. The van der Waals surface area contributed by atoms with Crippen LogP contribution in [0.2, 0.25) is 0 Å². The van der Waals surface area contributed by atoms with Crippen molar-refractivity contribution in [1.29, 1.82) is 5.26 Å². The Balaban J connectivity index is 1.87. The molecule has 0 atom stereocenters. The molecule has 3 rings (SSSR count). The van der Waals surface area contributed by atoms with Crippen molar-refractivity contribution in [3.8, 4) is 17.5 Å². The number of aromatic amines is 1. The van der Waals surface area contributed by atoms with Gasteiger partial charge in [-0.15, -0.1) is 0 Å². The van der Waals surface area contributed by atoms with Gasteiger partial charge >= 0.3 is 0 Å². The van der Waals surface area contributed by atoms with E-state index in [1.807, 2.05) is 24.3 Å². The van der Waals surface area contributed by atoms with E-state index in [0.29, 0.717) is 17.1 Å². The molecule has 0 saturated heterocycles. The molecule has 6 heteroatoms. The summed E-state index contributed by atoms with van der Waals surface area (Å²) in [6.07, 6.45) is 4.74. The number of aromatic nitrogens is 3. The van der Waals surface area contributed by atoms with Gasteiger partial charge in [0.1, 0.15) is 17.6 Å². The molecule has 2 heterocycles. The third-order valence-electron chi connectivity index (χ3n) is 3.05. The first-order valence-electron chi connectivity index (χ1n) is 6.54. The van der Waals surface area contributed by atoms with Crippen molar-refractivity contribution >= 4 is 11.6 Å². The number of para-hydroxylation sites is 1. The first kappa shape index (κ1) is 13.5. The summed E-state index contributed by atoms with van der Waals surface area (Å²) >= 11 is 0. The molecule has 0 unspecified atom stereocenters. The van der Waals surface area contributed by atoms with Crippen LogP contribution in [0.5, 0.6) is 0 Å². The molecule has 1 aromatic carbocycles. The van der Waals surface area contributed by atoms with E-state index in [1.54, 1.807) is 24.5 Å². The van der Waals surface area contributed by atoms with E-state index in [0.717, 1.165) is 5.56 Å². The van der Waals surface area contributed by atoms with Gasteiger partial charge in [-0.3, -0.25) is 4.79 Å². The fraction of sp³-hybridized carbons (Fsp3) is 0. The number of H-pyrrole nitrogens is 1. The summed E-state index contributed by atoms with van der Waals surface area (Å²) in [7, 11) is 0. The Kier molecular flexibility index (Phi) is 3.62. The van der Waals surface area contributed by atoms with E-state index in [-0.39, 0.29) is 11.6 Å². The monoisotopic (exact) mass is 289 g/mol. The maximum absolute atomic E-state index is 12.2. The van der Waals surface area contributed by atoms with E-state index >= 15 is 0 Å². The predicted molar refractivity (Wildman–Crippen MR) is 80.9 cm³/mol. The van der Waals surface area contributed by atoms with Gasteiger partial charge in [0.2, 0.25) is 0 Å². The highest BCUT2D eigenvalue weighted by Gasteiger charge is 2.12. The lowest BCUT2D eigenvalue weighted by Crippen LogP contribution is -2.14. The summed E-state index contributed by atoms with van der Waals surface area (Å²) in [5, 5.41) is 11.6. The molecule has 0 saturated carbocycles. The molecule has 2 aromatic heterocycles. The van der Waals surface area contributed by atoms with Crippen molar-refractivity contribution in [2.75, 3.05) is 5.32 Å². The lowest BCUT2D eigenvalue weighted by Gasteiger charge is -2.09. The van der Waals surface area contributed by atoms with Crippen LogP contribution < -0.4 is 5.32 Å². The van der Waals surface area contributed by atoms with Crippen LogP contribution in [0.25, 0.3) is 11.4 Å². The zero-order chi connectivity index (χ0) is 15.4. The Morgan fingerprint density at radius 3 is 2.73 bits per heavy atom. The van der Waals surface area contributed by atoms with Crippen LogP contribution in [0.3, 0.4) is 0 Å². The summed E-state index contributed by atoms with van der Waals surface area (Å²) in [5.74, 6) is 0.326. The van der Waals surface area contributed by atoms with Gasteiger partial charge in [0.05, 0.1) is 11.3 Å². The Hall–Kier alpha value is -3.46. The molecule has 0 radical (unpaired) electrons. The third kappa shape index (κ3) is 2.69. The smallest absolute Gasteiger partial charge is 0.274 e. The number of carbonyl (C=O) groups excluding carboxylic acids is 1.